The van der Waals surface area contributed by atoms with Gasteiger partial charge < -0.3 is 4.57 Å². The Labute approximate surface area is 94.2 Å². The third kappa shape index (κ3) is 2.49. The minimum atomic E-state index is -0.718. The van der Waals surface area contributed by atoms with Gasteiger partial charge in [-0.15, -0.1) is 0 Å². The average Bonchev–Trinajstić information content (AvgIpc) is 2.22. The second kappa shape index (κ2) is 4.49. The lowest BCUT2D eigenvalue weighted by molar-refractivity contribution is -0.130. The number of rotatable bonds is 3. The van der Waals surface area contributed by atoms with Gasteiger partial charge in [-0.25, -0.2) is 5.84 Å². The molecular formula is C11H17N3O2. The molecule has 0 bridgehead atoms. The summed E-state index contributed by atoms with van der Waals surface area (Å²) >= 11 is 0. The topological polar surface area (TPSA) is 77.1 Å². The summed E-state index contributed by atoms with van der Waals surface area (Å²) in [6.45, 7) is 5.63. The van der Waals surface area contributed by atoms with E-state index in [1.165, 1.54) is 6.07 Å². The molecule has 0 saturated carbocycles. The van der Waals surface area contributed by atoms with Crippen LogP contribution in [0.4, 0.5) is 0 Å². The fraction of sp³-hybridized carbons (Fsp3) is 0.455. The van der Waals surface area contributed by atoms with Gasteiger partial charge in [-0.05, 0) is 26.8 Å². The Balaban J connectivity index is 3.05. The van der Waals surface area contributed by atoms with Crippen LogP contribution in [0.1, 0.15) is 19.5 Å². The van der Waals surface area contributed by atoms with Gasteiger partial charge in [-0.1, -0.05) is 6.07 Å². The fourth-order valence-corrected chi connectivity index (χ4v) is 1.49. The van der Waals surface area contributed by atoms with E-state index in [0.717, 1.165) is 5.69 Å². The van der Waals surface area contributed by atoms with E-state index in [4.69, 9.17) is 5.84 Å². The molecule has 0 spiro atoms. The van der Waals surface area contributed by atoms with Crippen molar-refractivity contribution in [1.82, 2.24) is 9.99 Å². The van der Waals surface area contributed by atoms with Crippen molar-refractivity contribution >= 4 is 5.91 Å². The van der Waals surface area contributed by atoms with E-state index >= 15 is 0 Å². The highest BCUT2D eigenvalue weighted by atomic mass is 16.2. The summed E-state index contributed by atoms with van der Waals surface area (Å²) in [5.74, 6) is 4.81. The van der Waals surface area contributed by atoms with Crippen molar-refractivity contribution in [2.24, 2.45) is 11.3 Å². The van der Waals surface area contributed by atoms with Gasteiger partial charge in [0, 0.05) is 18.3 Å². The van der Waals surface area contributed by atoms with Crippen molar-refractivity contribution < 1.29 is 4.79 Å². The molecule has 0 aliphatic rings. The van der Waals surface area contributed by atoms with E-state index in [-0.39, 0.29) is 11.5 Å². The molecule has 1 aromatic heterocycles. The molecule has 0 aromatic carbocycles. The largest absolute Gasteiger partial charge is 0.312 e. The highest BCUT2D eigenvalue weighted by molar-refractivity contribution is 5.81. The number of amides is 1. The number of aryl methyl sites for hydroxylation is 1. The molecule has 3 N–H and O–H groups in total. The summed E-state index contributed by atoms with van der Waals surface area (Å²) in [5.41, 5.74) is 2.10. The van der Waals surface area contributed by atoms with Crippen LogP contribution in [0.2, 0.25) is 0 Å². The zero-order chi connectivity index (χ0) is 12.3. The minimum Gasteiger partial charge on any atom is -0.312 e. The smallest absolute Gasteiger partial charge is 0.250 e. The molecule has 1 amide bonds. The second-order valence-electron chi connectivity index (χ2n) is 4.45. The molecule has 0 aliphatic heterocycles. The molecule has 88 valence electrons. The summed E-state index contributed by atoms with van der Waals surface area (Å²) in [6, 6.07) is 5.01. The molecular weight excluding hydrogens is 206 g/mol. The van der Waals surface area contributed by atoms with Gasteiger partial charge in [0.05, 0.1) is 5.41 Å². The Morgan fingerprint density at radius 3 is 2.62 bits per heavy atom. The normalized spacial score (nSPS) is 11.2. The minimum absolute atomic E-state index is 0.113. The lowest BCUT2D eigenvalue weighted by Crippen LogP contribution is -2.44. The highest BCUT2D eigenvalue weighted by Crippen LogP contribution is 2.17. The molecule has 0 saturated heterocycles. The van der Waals surface area contributed by atoms with E-state index in [1.54, 1.807) is 24.5 Å². The summed E-state index contributed by atoms with van der Waals surface area (Å²) in [5, 5.41) is 0. The average molecular weight is 223 g/mol. The number of carbonyl (C=O) groups is 1. The molecule has 5 heteroatoms. The van der Waals surface area contributed by atoms with Crippen LogP contribution in [0.5, 0.6) is 0 Å². The standard InChI is InChI=1S/C11H17N3O2/c1-8-5-4-6-9(15)14(8)7-11(2,3)10(16)13-12/h4-6H,7,12H2,1-3H3,(H,13,16). The highest BCUT2D eigenvalue weighted by Gasteiger charge is 2.28. The molecule has 1 aromatic rings. The number of hydrazine groups is 1. The van der Waals surface area contributed by atoms with Crippen molar-refractivity contribution in [3.05, 3.63) is 34.2 Å². The first-order valence-electron chi connectivity index (χ1n) is 5.06. The third-order valence-electron chi connectivity index (χ3n) is 2.57. The Morgan fingerprint density at radius 2 is 2.12 bits per heavy atom. The molecule has 16 heavy (non-hydrogen) atoms. The van der Waals surface area contributed by atoms with E-state index in [2.05, 4.69) is 5.43 Å². The molecule has 0 unspecified atom stereocenters. The van der Waals surface area contributed by atoms with E-state index in [9.17, 15) is 9.59 Å². The van der Waals surface area contributed by atoms with E-state index < -0.39 is 5.41 Å². The molecule has 0 radical (unpaired) electrons. The predicted octanol–water partition coefficient (Wildman–Crippen LogP) is 0.173. The molecule has 5 nitrogen and oxygen atoms in total. The number of nitrogens with zero attached hydrogens (tertiary/aromatic N) is 1. The number of nitrogens with one attached hydrogen (secondary N) is 1. The molecule has 0 fully saturated rings. The SMILES string of the molecule is Cc1cccc(=O)n1CC(C)(C)C(=O)NN. The van der Waals surface area contributed by atoms with Crippen LogP contribution in [0.25, 0.3) is 0 Å². The number of pyridine rings is 1. The zero-order valence-electron chi connectivity index (χ0n) is 9.78. The van der Waals surface area contributed by atoms with Crippen LogP contribution in [-0.4, -0.2) is 10.5 Å². The maximum Gasteiger partial charge on any atom is 0.250 e. The Kier molecular flexibility index (Phi) is 3.49. The van der Waals surface area contributed by atoms with Crippen LogP contribution in [-0.2, 0) is 11.3 Å². The third-order valence-corrected chi connectivity index (χ3v) is 2.57. The number of hydrogen-bond acceptors (Lipinski definition) is 3. The Bertz CT molecular complexity index is 449. The van der Waals surface area contributed by atoms with Crippen molar-refractivity contribution in [3.63, 3.8) is 0 Å². The van der Waals surface area contributed by atoms with Crippen molar-refractivity contribution in [1.29, 1.82) is 0 Å². The number of hydrogen-bond donors (Lipinski definition) is 2. The van der Waals surface area contributed by atoms with Crippen LogP contribution in [0.3, 0.4) is 0 Å². The maximum atomic E-state index is 11.6. The van der Waals surface area contributed by atoms with Crippen LogP contribution < -0.4 is 16.8 Å². The van der Waals surface area contributed by atoms with E-state index in [0.29, 0.717) is 6.54 Å². The van der Waals surface area contributed by atoms with Crippen molar-refractivity contribution in [2.75, 3.05) is 0 Å². The van der Waals surface area contributed by atoms with Crippen molar-refractivity contribution in [3.8, 4) is 0 Å². The van der Waals surface area contributed by atoms with E-state index in [1.807, 2.05) is 13.0 Å². The quantitative estimate of drug-likeness (QED) is 0.436. The van der Waals surface area contributed by atoms with Crippen LogP contribution in [0.15, 0.2) is 23.0 Å². The summed E-state index contributed by atoms with van der Waals surface area (Å²) in [6.07, 6.45) is 0. The first-order chi connectivity index (χ1) is 7.38. The number of aromatic nitrogens is 1. The molecule has 1 heterocycles. The lowest BCUT2D eigenvalue weighted by Gasteiger charge is -2.24. The van der Waals surface area contributed by atoms with Gasteiger partial charge in [0.2, 0.25) is 5.91 Å². The monoisotopic (exact) mass is 223 g/mol. The second-order valence-corrected chi connectivity index (χ2v) is 4.45. The lowest BCUT2D eigenvalue weighted by atomic mass is 9.92. The zero-order valence-corrected chi connectivity index (χ0v) is 9.78. The molecule has 1 rings (SSSR count). The fourth-order valence-electron chi connectivity index (χ4n) is 1.49. The first kappa shape index (κ1) is 12.4. The molecule has 0 aliphatic carbocycles. The van der Waals surface area contributed by atoms with Gasteiger partial charge in [0.15, 0.2) is 0 Å². The first-order valence-corrected chi connectivity index (χ1v) is 5.06. The van der Waals surface area contributed by atoms with Gasteiger partial charge >= 0.3 is 0 Å². The maximum absolute atomic E-state index is 11.6. The van der Waals surface area contributed by atoms with Gasteiger partial charge in [-0.2, -0.15) is 0 Å². The van der Waals surface area contributed by atoms with Gasteiger partial charge in [0.25, 0.3) is 5.56 Å². The van der Waals surface area contributed by atoms with Gasteiger partial charge in [0.1, 0.15) is 0 Å². The summed E-state index contributed by atoms with van der Waals surface area (Å²) in [7, 11) is 0. The van der Waals surface area contributed by atoms with Gasteiger partial charge in [-0.3, -0.25) is 15.0 Å². The molecule has 0 atom stereocenters. The summed E-state index contributed by atoms with van der Waals surface area (Å²) < 4.78 is 1.56. The van der Waals surface area contributed by atoms with Crippen LogP contribution in [0, 0.1) is 12.3 Å². The van der Waals surface area contributed by atoms with Crippen LogP contribution >= 0.6 is 0 Å². The Morgan fingerprint density at radius 1 is 1.50 bits per heavy atom. The van der Waals surface area contributed by atoms with Crippen molar-refractivity contribution in [2.45, 2.75) is 27.3 Å². The predicted molar refractivity (Wildman–Crippen MR) is 61.6 cm³/mol. The Hall–Kier alpha value is -1.62. The number of nitrogens with two attached hydrogens (primary N) is 1. The summed E-state index contributed by atoms with van der Waals surface area (Å²) in [4.78, 5) is 23.1. The number of carbonyl (C=O) groups excluding carboxylic acids is 1.